The molecule has 0 spiro atoms. The number of anilines is 2. The monoisotopic (exact) mass is 663 g/mol. The molecule has 1 amide bonds. The Bertz CT molecular complexity index is 2030. The summed E-state index contributed by atoms with van der Waals surface area (Å²) in [5.41, 5.74) is 6.30. The van der Waals surface area contributed by atoms with Gasteiger partial charge in [0.15, 0.2) is 5.82 Å². The van der Waals surface area contributed by atoms with Crippen molar-refractivity contribution in [3.8, 4) is 29.0 Å². The van der Waals surface area contributed by atoms with Crippen molar-refractivity contribution in [2.45, 2.75) is 50.4 Å². The topological polar surface area (TPSA) is 121 Å². The smallest absolute Gasteiger partial charge is 0.319 e. The van der Waals surface area contributed by atoms with Crippen LogP contribution in [0.25, 0.3) is 32.1 Å². The number of nitrogens with zero attached hydrogens (tertiary/aromatic N) is 6. The van der Waals surface area contributed by atoms with E-state index in [1.165, 1.54) is 12.1 Å². The summed E-state index contributed by atoms with van der Waals surface area (Å²) in [7, 11) is 1.74. The number of amides is 1. The highest BCUT2D eigenvalue weighted by molar-refractivity contribution is 7.23. The molecule has 0 bridgehead atoms. The van der Waals surface area contributed by atoms with Crippen LogP contribution in [0.4, 0.5) is 24.0 Å². The minimum Gasteiger partial charge on any atom is -0.490 e. The maximum Gasteiger partial charge on any atom is 0.319 e. The minimum atomic E-state index is -0.957. The molecule has 0 saturated carbocycles. The van der Waals surface area contributed by atoms with Gasteiger partial charge in [-0.25, -0.2) is 13.2 Å². The lowest BCUT2D eigenvalue weighted by Crippen LogP contribution is -2.48. The third-order valence-electron chi connectivity index (χ3n) is 10.3. The van der Waals surface area contributed by atoms with Gasteiger partial charge in [0.05, 0.1) is 21.2 Å². The Morgan fingerprint density at radius 2 is 2.04 bits per heavy atom. The molecule has 3 saturated heterocycles. The van der Waals surface area contributed by atoms with Crippen LogP contribution in [0.5, 0.6) is 11.8 Å². The summed E-state index contributed by atoms with van der Waals surface area (Å²) >= 11 is 0.927. The van der Waals surface area contributed by atoms with E-state index >= 15 is 8.78 Å². The Morgan fingerprint density at radius 3 is 2.85 bits per heavy atom. The van der Waals surface area contributed by atoms with Gasteiger partial charge in [0.2, 0.25) is 5.91 Å². The predicted octanol–water partition coefficient (Wildman–Crippen LogP) is 4.94. The number of benzene rings is 2. The molecule has 14 heteroatoms. The molecule has 3 fully saturated rings. The summed E-state index contributed by atoms with van der Waals surface area (Å²) in [6, 6.07) is 3.87. The lowest BCUT2D eigenvalue weighted by atomic mass is 9.92. The number of alkyl halides is 1. The zero-order chi connectivity index (χ0) is 32.8. The first-order valence-electron chi connectivity index (χ1n) is 15.7. The van der Waals surface area contributed by atoms with Gasteiger partial charge in [-0.05, 0) is 44.4 Å². The molecule has 3 atom stereocenters. The summed E-state index contributed by atoms with van der Waals surface area (Å²) < 4.78 is 59.5. The van der Waals surface area contributed by atoms with Crippen molar-refractivity contribution in [2.24, 2.45) is 0 Å². The molecule has 0 aliphatic carbocycles. The molecule has 2 aromatic carbocycles. The first-order chi connectivity index (χ1) is 22.6. The van der Waals surface area contributed by atoms with Crippen molar-refractivity contribution in [3.05, 3.63) is 34.9 Å². The third kappa shape index (κ3) is 4.42. The number of nitriles is 1. The summed E-state index contributed by atoms with van der Waals surface area (Å²) in [6.07, 6.45) is 1.72. The SMILES string of the molecule is Cc1c(-c2ccc(F)c3sc(N)c(C#N)c23)c(F)c2nc(OC[C@@]34CCCN3C[C@H](F)C4)nc3c2c1OCC1C(=O)N(C)CCCN31. The Labute approximate surface area is 272 Å². The molecular weight excluding hydrogens is 631 g/mol. The number of fused-ring (bicyclic) bond motifs is 4. The number of halogens is 3. The average molecular weight is 664 g/mol. The molecule has 0 radical (unpaired) electrons. The van der Waals surface area contributed by atoms with E-state index in [4.69, 9.17) is 20.2 Å². The van der Waals surface area contributed by atoms with Gasteiger partial charge in [0.25, 0.3) is 0 Å². The van der Waals surface area contributed by atoms with Crippen LogP contribution in [-0.4, -0.2) is 89.9 Å². The highest BCUT2D eigenvalue weighted by Crippen LogP contribution is 2.49. The van der Waals surface area contributed by atoms with Crippen LogP contribution in [0, 0.1) is 29.9 Å². The molecule has 4 aromatic rings. The summed E-state index contributed by atoms with van der Waals surface area (Å²) in [5.74, 6) is -0.860. The van der Waals surface area contributed by atoms with Crippen molar-refractivity contribution in [1.29, 1.82) is 5.26 Å². The molecule has 8 rings (SSSR count). The van der Waals surface area contributed by atoms with Gasteiger partial charge in [-0.2, -0.15) is 15.2 Å². The first-order valence-corrected chi connectivity index (χ1v) is 16.5. The molecule has 2 N–H and O–H groups in total. The largest absolute Gasteiger partial charge is 0.490 e. The summed E-state index contributed by atoms with van der Waals surface area (Å²) in [4.78, 5) is 28.6. The van der Waals surface area contributed by atoms with Crippen LogP contribution in [0.1, 0.15) is 36.8 Å². The van der Waals surface area contributed by atoms with Gasteiger partial charge < -0.3 is 25.0 Å². The Balaban J connectivity index is 1.36. The molecule has 10 nitrogen and oxygen atoms in total. The standard InChI is InChI=1S/C33H32F3N7O3S/c1-16-22(18-5-6-20(35)28-23(18)19(12-37)29(38)47-28)25(36)26-24-27(16)45-14-21-31(44)41(2)8-4-10-43(21)30(24)40-32(39-26)46-15-33-7-3-9-42(33)13-17(34)11-33/h5-6,17,21H,3-4,7-11,13-15,38H2,1-2H3/t17-,21?,33+/m1/s1. The van der Waals surface area contributed by atoms with Crippen molar-refractivity contribution in [2.75, 3.05) is 57.1 Å². The Kier molecular flexibility index (Phi) is 6.93. The number of nitrogen functional groups attached to an aromatic ring is 1. The molecule has 1 unspecified atom stereocenters. The first kappa shape index (κ1) is 30.0. The minimum absolute atomic E-state index is 0.0274. The van der Waals surface area contributed by atoms with E-state index < -0.39 is 29.4 Å². The van der Waals surface area contributed by atoms with E-state index in [2.05, 4.69) is 16.0 Å². The highest BCUT2D eigenvalue weighted by Gasteiger charge is 2.49. The maximum absolute atomic E-state index is 17.2. The number of hydrogen-bond donors (Lipinski definition) is 1. The molecule has 2 aromatic heterocycles. The van der Waals surface area contributed by atoms with Crippen LogP contribution >= 0.6 is 11.3 Å². The summed E-state index contributed by atoms with van der Waals surface area (Å²) in [6.45, 7) is 3.91. The fourth-order valence-electron chi connectivity index (χ4n) is 8.02. The van der Waals surface area contributed by atoms with Crippen LogP contribution in [0.2, 0.25) is 0 Å². The second kappa shape index (κ2) is 10.8. The molecule has 4 aliphatic rings. The Morgan fingerprint density at radius 1 is 1.21 bits per heavy atom. The number of hydrogen-bond acceptors (Lipinski definition) is 10. The van der Waals surface area contributed by atoms with Gasteiger partial charge in [0.1, 0.15) is 59.4 Å². The zero-order valence-corrected chi connectivity index (χ0v) is 26.7. The second-order valence-electron chi connectivity index (χ2n) is 12.9. The third-order valence-corrected chi connectivity index (χ3v) is 11.3. The summed E-state index contributed by atoms with van der Waals surface area (Å²) in [5, 5.41) is 10.6. The van der Waals surface area contributed by atoms with E-state index in [0.29, 0.717) is 49.2 Å². The van der Waals surface area contributed by atoms with Gasteiger partial charge in [-0.15, -0.1) is 11.3 Å². The molecule has 6 heterocycles. The highest BCUT2D eigenvalue weighted by atomic mass is 32.1. The van der Waals surface area contributed by atoms with Crippen molar-refractivity contribution >= 4 is 49.1 Å². The van der Waals surface area contributed by atoms with Crippen molar-refractivity contribution in [1.82, 2.24) is 19.8 Å². The molecule has 244 valence electrons. The van der Waals surface area contributed by atoms with Crippen LogP contribution < -0.4 is 20.1 Å². The molecule has 4 aliphatic heterocycles. The average Bonchev–Trinajstić information content (AvgIpc) is 3.62. The number of rotatable bonds is 4. The van der Waals surface area contributed by atoms with Crippen molar-refractivity contribution in [3.63, 3.8) is 0 Å². The quantitative estimate of drug-likeness (QED) is 0.324. The number of carbonyl (C=O) groups is 1. The van der Waals surface area contributed by atoms with E-state index in [9.17, 15) is 14.4 Å². The van der Waals surface area contributed by atoms with Crippen LogP contribution in [0.3, 0.4) is 0 Å². The number of aromatic nitrogens is 2. The van der Waals surface area contributed by atoms with Crippen LogP contribution in [-0.2, 0) is 4.79 Å². The van der Waals surface area contributed by atoms with Crippen LogP contribution in [0.15, 0.2) is 12.1 Å². The van der Waals surface area contributed by atoms with Gasteiger partial charge in [-0.1, -0.05) is 6.07 Å². The van der Waals surface area contributed by atoms with Gasteiger partial charge >= 0.3 is 6.01 Å². The zero-order valence-electron chi connectivity index (χ0n) is 25.9. The van der Waals surface area contributed by atoms with E-state index in [1.807, 2.05) is 4.90 Å². The molecular formula is C33H32F3N7O3S. The Hall–Kier alpha value is -4.35. The number of thiophene rings is 1. The number of likely N-dealkylation sites (N-methyl/N-ethyl adjacent to an activating group) is 1. The lowest BCUT2D eigenvalue weighted by Gasteiger charge is -2.31. The van der Waals surface area contributed by atoms with E-state index in [-0.39, 0.29) is 68.2 Å². The van der Waals surface area contributed by atoms with E-state index in [0.717, 1.165) is 30.7 Å². The fourth-order valence-corrected chi connectivity index (χ4v) is 8.97. The van der Waals surface area contributed by atoms with Gasteiger partial charge in [-0.3, -0.25) is 9.69 Å². The second-order valence-corrected chi connectivity index (χ2v) is 14.0. The maximum atomic E-state index is 17.2. The van der Waals surface area contributed by atoms with E-state index in [1.54, 1.807) is 18.9 Å². The normalized spacial score (nSPS) is 24.2. The number of ether oxygens (including phenoxy) is 2. The van der Waals surface area contributed by atoms with Crippen molar-refractivity contribution < 1.29 is 27.4 Å². The fraction of sp³-hybridized carbons (Fsp3) is 0.455. The number of nitrogens with two attached hydrogens (primary N) is 1. The lowest BCUT2D eigenvalue weighted by molar-refractivity contribution is -0.131. The number of carbonyl (C=O) groups excluding carboxylic acids is 1. The van der Waals surface area contributed by atoms with Gasteiger partial charge in [0, 0.05) is 49.6 Å². The molecule has 47 heavy (non-hydrogen) atoms. The predicted molar refractivity (Wildman–Crippen MR) is 172 cm³/mol.